The summed E-state index contributed by atoms with van der Waals surface area (Å²) in [7, 11) is 0. The number of aromatic amines is 1. The minimum absolute atomic E-state index is 0.181. The van der Waals surface area contributed by atoms with Gasteiger partial charge in [0.15, 0.2) is 0 Å². The van der Waals surface area contributed by atoms with E-state index in [1.165, 1.54) is 6.07 Å². The van der Waals surface area contributed by atoms with Crippen molar-refractivity contribution in [2.24, 2.45) is 0 Å². The predicted molar refractivity (Wildman–Crippen MR) is 65.0 cm³/mol. The highest BCUT2D eigenvalue weighted by Gasteiger charge is 1.96. The second kappa shape index (κ2) is 6.15. The van der Waals surface area contributed by atoms with Gasteiger partial charge < -0.3 is 10.3 Å². The second-order valence-corrected chi connectivity index (χ2v) is 3.95. The van der Waals surface area contributed by atoms with Crippen LogP contribution < -0.4 is 5.32 Å². The lowest BCUT2D eigenvalue weighted by Gasteiger charge is -2.04. The van der Waals surface area contributed by atoms with Gasteiger partial charge >= 0.3 is 0 Å². The van der Waals surface area contributed by atoms with Crippen molar-refractivity contribution in [3.63, 3.8) is 0 Å². The van der Waals surface area contributed by atoms with Crippen LogP contribution in [0.3, 0.4) is 0 Å². The molecule has 2 N–H and O–H groups in total. The highest BCUT2D eigenvalue weighted by molar-refractivity contribution is 5.15. The van der Waals surface area contributed by atoms with Gasteiger partial charge in [-0.1, -0.05) is 12.1 Å². The average Bonchev–Trinajstić information content (AvgIpc) is 2.82. The summed E-state index contributed by atoms with van der Waals surface area (Å²) in [5.74, 6) is 0.831. The van der Waals surface area contributed by atoms with Crippen LogP contribution in [0.5, 0.6) is 0 Å². The fourth-order valence-corrected chi connectivity index (χ4v) is 1.70. The highest BCUT2D eigenvalue weighted by Crippen LogP contribution is 2.02. The van der Waals surface area contributed by atoms with Crippen molar-refractivity contribution in [3.05, 3.63) is 53.9 Å². The maximum absolute atomic E-state index is 12.9. The molecule has 3 nitrogen and oxygen atoms in total. The van der Waals surface area contributed by atoms with Crippen LogP contribution in [0.15, 0.2) is 36.7 Å². The molecule has 2 rings (SSSR count). The lowest BCUT2D eigenvalue weighted by molar-refractivity contribution is 0.614. The van der Waals surface area contributed by atoms with E-state index in [4.69, 9.17) is 0 Å². The van der Waals surface area contributed by atoms with Gasteiger partial charge in [-0.2, -0.15) is 0 Å². The molecule has 1 aromatic heterocycles. The zero-order valence-electron chi connectivity index (χ0n) is 9.62. The predicted octanol–water partition coefficient (Wildman–Crippen LogP) is 2.27. The number of H-pyrrole nitrogens is 1. The third kappa shape index (κ3) is 4.00. The van der Waals surface area contributed by atoms with Crippen molar-refractivity contribution < 1.29 is 4.39 Å². The molecule has 0 radical (unpaired) electrons. The molecule has 1 heterocycles. The Morgan fingerprint density at radius 3 is 3.06 bits per heavy atom. The molecule has 0 atom stereocenters. The molecule has 0 fully saturated rings. The van der Waals surface area contributed by atoms with Gasteiger partial charge in [0.1, 0.15) is 11.6 Å². The molecule has 0 saturated heterocycles. The quantitative estimate of drug-likeness (QED) is 0.751. The first-order chi connectivity index (χ1) is 8.34. The van der Waals surface area contributed by atoms with Crippen LogP contribution in [0.25, 0.3) is 0 Å². The van der Waals surface area contributed by atoms with Gasteiger partial charge in [0.05, 0.1) is 0 Å². The maximum atomic E-state index is 12.9. The molecular formula is C13H16FN3. The van der Waals surface area contributed by atoms with Crippen LogP contribution >= 0.6 is 0 Å². The van der Waals surface area contributed by atoms with Crippen LogP contribution in [0.2, 0.25) is 0 Å². The molecule has 2 aromatic rings. The molecule has 0 aliphatic carbocycles. The first-order valence-corrected chi connectivity index (χ1v) is 5.78. The molecule has 4 heteroatoms. The van der Waals surface area contributed by atoms with E-state index in [2.05, 4.69) is 15.3 Å². The average molecular weight is 233 g/mol. The van der Waals surface area contributed by atoms with Gasteiger partial charge in [0, 0.05) is 25.4 Å². The number of nitrogens with one attached hydrogen (secondary N) is 2. The molecule has 0 bridgehead atoms. The van der Waals surface area contributed by atoms with E-state index in [0.717, 1.165) is 30.8 Å². The number of nitrogens with zero attached hydrogens (tertiary/aromatic N) is 1. The summed E-state index contributed by atoms with van der Waals surface area (Å²) >= 11 is 0. The molecule has 0 saturated carbocycles. The van der Waals surface area contributed by atoms with Crippen LogP contribution in [0.1, 0.15) is 17.8 Å². The Hall–Kier alpha value is -1.68. The Kier molecular flexibility index (Phi) is 4.27. The van der Waals surface area contributed by atoms with E-state index < -0.39 is 0 Å². The summed E-state index contributed by atoms with van der Waals surface area (Å²) in [5, 5.41) is 3.28. The van der Waals surface area contributed by atoms with E-state index in [9.17, 15) is 4.39 Å². The first kappa shape index (κ1) is 11.8. The van der Waals surface area contributed by atoms with Crippen LogP contribution in [0.4, 0.5) is 4.39 Å². The van der Waals surface area contributed by atoms with E-state index in [0.29, 0.717) is 6.54 Å². The molecule has 1 aromatic carbocycles. The molecule has 0 unspecified atom stereocenters. The van der Waals surface area contributed by atoms with Crippen molar-refractivity contribution in [3.8, 4) is 0 Å². The molecule has 0 aliphatic rings. The number of benzene rings is 1. The van der Waals surface area contributed by atoms with E-state index >= 15 is 0 Å². The molecule has 0 spiro atoms. The number of hydrogen-bond donors (Lipinski definition) is 2. The second-order valence-electron chi connectivity index (χ2n) is 3.95. The van der Waals surface area contributed by atoms with Crippen molar-refractivity contribution >= 4 is 0 Å². The fraction of sp³-hybridized carbons (Fsp3) is 0.308. The Balaban J connectivity index is 1.63. The van der Waals surface area contributed by atoms with Crippen LogP contribution in [0, 0.1) is 5.82 Å². The van der Waals surface area contributed by atoms with Gasteiger partial charge in [-0.3, -0.25) is 0 Å². The third-order valence-electron chi connectivity index (χ3n) is 2.54. The molecule has 17 heavy (non-hydrogen) atoms. The Morgan fingerprint density at radius 1 is 1.35 bits per heavy atom. The Bertz CT molecular complexity index is 440. The van der Waals surface area contributed by atoms with Gasteiger partial charge in [-0.25, -0.2) is 9.37 Å². The number of imidazole rings is 1. The van der Waals surface area contributed by atoms with Crippen molar-refractivity contribution in [2.75, 3.05) is 6.54 Å². The Morgan fingerprint density at radius 2 is 2.29 bits per heavy atom. The monoisotopic (exact) mass is 233 g/mol. The first-order valence-electron chi connectivity index (χ1n) is 5.78. The van der Waals surface area contributed by atoms with E-state index in [-0.39, 0.29) is 5.82 Å². The summed E-state index contributed by atoms with van der Waals surface area (Å²) in [6, 6.07) is 6.66. The zero-order valence-corrected chi connectivity index (χ0v) is 9.62. The van der Waals surface area contributed by atoms with Crippen molar-refractivity contribution in [1.82, 2.24) is 15.3 Å². The van der Waals surface area contributed by atoms with Crippen LogP contribution in [-0.2, 0) is 13.0 Å². The molecular weight excluding hydrogens is 217 g/mol. The van der Waals surface area contributed by atoms with E-state index in [1.807, 2.05) is 12.3 Å². The van der Waals surface area contributed by atoms with E-state index in [1.54, 1.807) is 18.3 Å². The van der Waals surface area contributed by atoms with Gasteiger partial charge in [0.25, 0.3) is 0 Å². The maximum Gasteiger partial charge on any atom is 0.123 e. The third-order valence-corrected chi connectivity index (χ3v) is 2.54. The van der Waals surface area contributed by atoms with Crippen LogP contribution in [-0.4, -0.2) is 16.5 Å². The number of aryl methyl sites for hydroxylation is 1. The number of aromatic nitrogens is 2. The number of halogens is 1. The molecule has 90 valence electrons. The minimum atomic E-state index is -0.181. The minimum Gasteiger partial charge on any atom is -0.349 e. The summed E-state index contributed by atoms with van der Waals surface area (Å²) in [6.07, 6.45) is 5.54. The largest absolute Gasteiger partial charge is 0.349 e. The highest BCUT2D eigenvalue weighted by atomic mass is 19.1. The summed E-state index contributed by atoms with van der Waals surface area (Å²) in [5.41, 5.74) is 0.975. The fourth-order valence-electron chi connectivity index (χ4n) is 1.70. The summed E-state index contributed by atoms with van der Waals surface area (Å²) in [6.45, 7) is 1.60. The topological polar surface area (TPSA) is 40.7 Å². The number of rotatable bonds is 6. The zero-order chi connectivity index (χ0) is 11.9. The SMILES string of the molecule is Fc1cccc(CNCCCc2ncc[nH]2)c1. The van der Waals surface area contributed by atoms with Crippen molar-refractivity contribution in [1.29, 1.82) is 0 Å². The van der Waals surface area contributed by atoms with Gasteiger partial charge in [0.2, 0.25) is 0 Å². The lowest BCUT2D eigenvalue weighted by Crippen LogP contribution is -2.15. The van der Waals surface area contributed by atoms with Gasteiger partial charge in [-0.15, -0.1) is 0 Å². The normalized spacial score (nSPS) is 10.6. The summed E-state index contributed by atoms with van der Waals surface area (Å²) < 4.78 is 12.9. The van der Waals surface area contributed by atoms with Crippen molar-refractivity contribution in [2.45, 2.75) is 19.4 Å². The molecule has 0 amide bonds. The lowest BCUT2D eigenvalue weighted by atomic mass is 10.2. The summed E-state index contributed by atoms with van der Waals surface area (Å²) in [4.78, 5) is 7.22. The molecule has 0 aliphatic heterocycles. The standard InChI is InChI=1S/C13H16FN3/c14-12-4-1-3-11(9-12)10-15-6-2-5-13-16-7-8-17-13/h1,3-4,7-9,15H,2,5-6,10H2,(H,16,17). The number of hydrogen-bond acceptors (Lipinski definition) is 2. The smallest absolute Gasteiger partial charge is 0.123 e. The Labute approximate surface area is 100 Å². The van der Waals surface area contributed by atoms with Gasteiger partial charge in [-0.05, 0) is 30.7 Å².